The number of thiazole rings is 1. The average molecular weight is 347 g/mol. The molecule has 116 valence electrons. The van der Waals surface area contributed by atoms with Gasteiger partial charge in [0, 0.05) is 16.0 Å². The third-order valence-corrected chi connectivity index (χ3v) is 5.81. The smallest absolute Gasteiger partial charge is 0.194 e. The van der Waals surface area contributed by atoms with Crippen molar-refractivity contribution < 1.29 is 4.79 Å². The molecule has 2 nitrogen and oxygen atoms in total. The third-order valence-electron chi connectivity index (χ3n) is 3.64. The average Bonchev–Trinajstić information content (AvgIpc) is 3.04. The molecule has 0 unspecified atom stereocenters. The van der Waals surface area contributed by atoms with E-state index < -0.39 is 0 Å². The second kappa shape index (κ2) is 6.59. The van der Waals surface area contributed by atoms with Gasteiger partial charge < -0.3 is 0 Å². The molecule has 0 amide bonds. The van der Waals surface area contributed by atoms with Crippen molar-refractivity contribution in [2.24, 2.45) is 0 Å². The van der Waals surface area contributed by atoms with Crippen molar-refractivity contribution >= 4 is 39.1 Å². The Bertz CT molecular complexity index is 975. The van der Waals surface area contributed by atoms with E-state index in [0.717, 1.165) is 19.5 Å². The van der Waals surface area contributed by atoms with Crippen LogP contribution < -0.4 is 0 Å². The summed E-state index contributed by atoms with van der Waals surface area (Å²) in [5.41, 5.74) is 2.42. The molecule has 0 fully saturated rings. The summed E-state index contributed by atoms with van der Waals surface area (Å²) in [7, 11) is 0. The number of ketones is 1. The maximum Gasteiger partial charge on any atom is 0.194 e. The van der Waals surface area contributed by atoms with Crippen LogP contribution >= 0.6 is 23.1 Å². The van der Waals surface area contributed by atoms with Gasteiger partial charge in [0.15, 0.2) is 10.1 Å². The number of carbonyl (C=O) groups excluding carboxylic acids is 1. The fourth-order valence-corrected chi connectivity index (χ4v) is 4.63. The molecule has 1 aromatic heterocycles. The number of hydrogen-bond donors (Lipinski definition) is 0. The topological polar surface area (TPSA) is 30.0 Å². The highest BCUT2D eigenvalue weighted by molar-refractivity contribution is 8.01. The molecule has 3 aromatic carbocycles. The van der Waals surface area contributed by atoms with Crippen molar-refractivity contribution in [3.63, 3.8) is 0 Å². The molecule has 0 saturated heterocycles. The van der Waals surface area contributed by atoms with E-state index in [0.29, 0.717) is 11.1 Å². The zero-order valence-corrected chi connectivity index (χ0v) is 14.3. The standard InChI is InChI=1S/C20H13NOS2/c22-19(14-8-2-1-3-9-14)15-10-4-6-12-17(15)23-20-21-16-11-5-7-13-18(16)24-20/h1-13H. The molecule has 4 rings (SSSR count). The summed E-state index contributed by atoms with van der Waals surface area (Å²) in [5.74, 6) is 0.0415. The molecule has 24 heavy (non-hydrogen) atoms. The van der Waals surface area contributed by atoms with Crippen LogP contribution in [0.25, 0.3) is 10.2 Å². The van der Waals surface area contributed by atoms with E-state index in [1.807, 2.05) is 72.8 Å². The monoisotopic (exact) mass is 347 g/mol. The number of fused-ring (bicyclic) bond motifs is 1. The predicted molar refractivity (Wildman–Crippen MR) is 100 cm³/mol. The molecule has 0 radical (unpaired) electrons. The molecule has 4 aromatic rings. The van der Waals surface area contributed by atoms with Crippen molar-refractivity contribution in [3.8, 4) is 0 Å². The van der Waals surface area contributed by atoms with Crippen molar-refractivity contribution in [1.82, 2.24) is 4.98 Å². The van der Waals surface area contributed by atoms with Gasteiger partial charge in [0.2, 0.25) is 0 Å². The van der Waals surface area contributed by atoms with Crippen LogP contribution in [0.1, 0.15) is 15.9 Å². The zero-order valence-electron chi connectivity index (χ0n) is 12.7. The van der Waals surface area contributed by atoms with Gasteiger partial charge in [0.1, 0.15) is 0 Å². The second-order valence-corrected chi connectivity index (χ2v) is 7.56. The molecule has 0 spiro atoms. The summed E-state index contributed by atoms with van der Waals surface area (Å²) in [5, 5.41) is 0. The first kappa shape index (κ1) is 15.1. The number of benzene rings is 3. The molecular formula is C20H13NOS2. The highest BCUT2D eigenvalue weighted by Gasteiger charge is 2.15. The van der Waals surface area contributed by atoms with Gasteiger partial charge in [-0.25, -0.2) is 4.98 Å². The van der Waals surface area contributed by atoms with E-state index in [2.05, 4.69) is 11.1 Å². The van der Waals surface area contributed by atoms with Crippen LogP contribution in [0.2, 0.25) is 0 Å². The van der Waals surface area contributed by atoms with E-state index in [9.17, 15) is 4.79 Å². The van der Waals surface area contributed by atoms with Gasteiger partial charge >= 0.3 is 0 Å². The van der Waals surface area contributed by atoms with Crippen LogP contribution in [0.5, 0.6) is 0 Å². The molecular weight excluding hydrogens is 334 g/mol. The fraction of sp³-hybridized carbons (Fsp3) is 0. The Labute approximate surface area is 148 Å². The maximum absolute atomic E-state index is 12.8. The quantitative estimate of drug-likeness (QED) is 0.445. The molecule has 0 aliphatic heterocycles. The molecule has 0 saturated carbocycles. The van der Waals surface area contributed by atoms with Crippen LogP contribution in [0.3, 0.4) is 0 Å². The second-order valence-electron chi connectivity index (χ2n) is 5.24. The van der Waals surface area contributed by atoms with Crippen LogP contribution in [-0.2, 0) is 0 Å². The van der Waals surface area contributed by atoms with E-state index in [1.54, 1.807) is 23.1 Å². The molecule has 4 heteroatoms. The van der Waals surface area contributed by atoms with E-state index >= 15 is 0 Å². The molecule has 0 bridgehead atoms. The summed E-state index contributed by atoms with van der Waals surface area (Å²) in [6.45, 7) is 0. The van der Waals surface area contributed by atoms with E-state index in [1.165, 1.54) is 0 Å². The molecule has 0 aliphatic carbocycles. The van der Waals surface area contributed by atoms with Gasteiger partial charge in [-0.2, -0.15) is 0 Å². The van der Waals surface area contributed by atoms with Crippen molar-refractivity contribution in [1.29, 1.82) is 0 Å². The number of para-hydroxylation sites is 1. The van der Waals surface area contributed by atoms with E-state index in [-0.39, 0.29) is 5.78 Å². The number of carbonyl (C=O) groups is 1. The third kappa shape index (κ3) is 2.98. The van der Waals surface area contributed by atoms with Crippen molar-refractivity contribution in [3.05, 3.63) is 90.0 Å². The fourth-order valence-electron chi connectivity index (χ4n) is 2.48. The summed E-state index contributed by atoms with van der Waals surface area (Å²) in [6.07, 6.45) is 0. The molecule has 0 atom stereocenters. The SMILES string of the molecule is O=C(c1ccccc1)c1ccccc1Sc1nc2ccccc2s1. The Balaban J connectivity index is 1.70. The highest BCUT2D eigenvalue weighted by Crippen LogP contribution is 2.36. The largest absolute Gasteiger partial charge is 0.289 e. The summed E-state index contributed by atoms with van der Waals surface area (Å²) in [6, 6.07) is 25.2. The lowest BCUT2D eigenvalue weighted by molar-refractivity contribution is 0.103. The molecule has 0 N–H and O–H groups in total. The normalized spacial score (nSPS) is 10.8. The van der Waals surface area contributed by atoms with Crippen LogP contribution in [0.15, 0.2) is 88.1 Å². The van der Waals surface area contributed by atoms with E-state index in [4.69, 9.17) is 0 Å². The maximum atomic E-state index is 12.8. The minimum Gasteiger partial charge on any atom is -0.289 e. The lowest BCUT2D eigenvalue weighted by Gasteiger charge is -2.06. The van der Waals surface area contributed by atoms with Gasteiger partial charge in [-0.3, -0.25) is 4.79 Å². The summed E-state index contributed by atoms with van der Waals surface area (Å²) >= 11 is 3.20. The lowest BCUT2D eigenvalue weighted by atomic mass is 10.0. The van der Waals surface area contributed by atoms with Crippen LogP contribution in [-0.4, -0.2) is 10.8 Å². The number of rotatable bonds is 4. The van der Waals surface area contributed by atoms with Crippen LogP contribution in [0, 0.1) is 0 Å². The van der Waals surface area contributed by atoms with Gasteiger partial charge in [0.25, 0.3) is 0 Å². The van der Waals surface area contributed by atoms with Crippen molar-refractivity contribution in [2.75, 3.05) is 0 Å². The number of hydrogen-bond acceptors (Lipinski definition) is 4. The summed E-state index contributed by atoms with van der Waals surface area (Å²) in [4.78, 5) is 18.4. The minimum absolute atomic E-state index is 0.0415. The van der Waals surface area contributed by atoms with Gasteiger partial charge in [-0.1, -0.05) is 66.4 Å². The highest BCUT2D eigenvalue weighted by atomic mass is 32.2. The lowest BCUT2D eigenvalue weighted by Crippen LogP contribution is -2.02. The first-order valence-corrected chi connectivity index (χ1v) is 9.17. The Kier molecular flexibility index (Phi) is 4.15. The predicted octanol–water partition coefficient (Wildman–Crippen LogP) is 5.68. The Morgan fingerprint density at radius 2 is 1.54 bits per heavy atom. The number of nitrogens with zero attached hydrogens (tertiary/aromatic N) is 1. The van der Waals surface area contributed by atoms with Crippen LogP contribution in [0.4, 0.5) is 0 Å². The summed E-state index contributed by atoms with van der Waals surface area (Å²) < 4.78 is 2.11. The van der Waals surface area contributed by atoms with Gasteiger partial charge in [-0.15, -0.1) is 11.3 Å². The zero-order chi connectivity index (χ0) is 16.4. The van der Waals surface area contributed by atoms with Crippen molar-refractivity contribution in [2.45, 2.75) is 9.24 Å². The van der Waals surface area contributed by atoms with Gasteiger partial charge in [-0.05, 0) is 24.3 Å². The molecule has 0 aliphatic rings. The minimum atomic E-state index is 0.0415. The number of aromatic nitrogens is 1. The molecule has 1 heterocycles. The van der Waals surface area contributed by atoms with Gasteiger partial charge in [0.05, 0.1) is 10.2 Å². The Hall–Kier alpha value is -2.43. The Morgan fingerprint density at radius 1 is 0.833 bits per heavy atom. The first-order chi connectivity index (χ1) is 11.8. The Morgan fingerprint density at radius 3 is 2.38 bits per heavy atom. The first-order valence-electron chi connectivity index (χ1n) is 7.53.